The van der Waals surface area contributed by atoms with Crippen molar-refractivity contribution in [1.29, 1.82) is 0 Å². The van der Waals surface area contributed by atoms with Crippen LogP contribution in [0.1, 0.15) is 40.2 Å². The number of nitrogens with zero attached hydrogens (tertiary/aromatic N) is 4. The highest BCUT2D eigenvalue weighted by molar-refractivity contribution is 7.18. The molecule has 2 aromatic carbocycles. The van der Waals surface area contributed by atoms with Gasteiger partial charge in [-0.15, -0.1) is 11.3 Å². The molecule has 0 fully saturated rings. The van der Waals surface area contributed by atoms with Crippen molar-refractivity contribution in [3.05, 3.63) is 98.4 Å². The number of rotatable bonds is 4. The van der Waals surface area contributed by atoms with E-state index in [-0.39, 0.29) is 5.56 Å². The Hall–Kier alpha value is -3.25. The van der Waals surface area contributed by atoms with Gasteiger partial charge >= 0.3 is 0 Å². The van der Waals surface area contributed by atoms with Gasteiger partial charge in [-0.05, 0) is 42.4 Å². The molecule has 0 spiro atoms. The Morgan fingerprint density at radius 1 is 0.909 bits per heavy atom. The van der Waals surface area contributed by atoms with Gasteiger partial charge in [0.25, 0.3) is 5.56 Å². The number of aryl methyl sites for hydroxylation is 2. The van der Waals surface area contributed by atoms with Gasteiger partial charge < -0.3 is 4.90 Å². The Kier molecular flexibility index (Phi) is 5.30. The van der Waals surface area contributed by atoms with Gasteiger partial charge in [0.1, 0.15) is 16.5 Å². The van der Waals surface area contributed by atoms with E-state index in [2.05, 4.69) is 41.3 Å². The number of hydrogen-bond acceptors (Lipinski definition) is 4. The summed E-state index contributed by atoms with van der Waals surface area (Å²) in [6.07, 6.45) is 4.45. The summed E-state index contributed by atoms with van der Waals surface area (Å²) in [6, 6.07) is 20.7. The molecule has 1 aliphatic carbocycles. The van der Waals surface area contributed by atoms with Gasteiger partial charge in [0, 0.05) is 11.4 Å². The van der Waals surface area contributed by atoms with Crippen molar-refractivity contribution >= 4 is 27.4 Å². The van der Waals surface area contributed by atoms with Crippen molar-refractivity contribution in [2.24, 2.45) is 4.99 Å². The van der Waals surface area contributed by atoms with Crippen molar-refractivity contribution in [3.63, 3.8) is 0 Å². The predicted molar refractivity (Wildman–Crippen MR) is 134 cm³/mol. The molecule has 33 heavy (non-hydrogen) atoms. The fraction of sp³-hybridized carbons (Fsp3) is 0.296. The van der Waals surface area contributed by atoms with Crippen molar-refractivity contribution in [1.82, 2.24) is 14.5 Å². The first-order valence-corrected chi connectivity index (χ1v) is 12.5. The average Bonchev–Trinajstić information content (AvgIpc) is 3.23. The maximum atomic E-state index is 13.6. The highest BCUT2D eigenvalue weighted by Crippen LogP contribution is 2.34. The van der Waals surface area contributed by atoms with Crippen LogP contribution in [0.2, 0.25) is 0 Å². The Morgan fingerprint density at radius 3 is 2.42 bits per heavy atom. The minimum Gasteiger partial charge on any atom is -0.347 e. The van der Waals surface area contributed by atoms with E-state index in [4.69, 9.17) is 9.98 Å². The van der Waals surface area contributed by atoms with Gasteiger partial charge in [-0.25, -0.2) is 4.98 Å². The molecule has 0 radical (unpaired) electrons. The number of fused-ring (bicyclic) bond motifs is 4. The van der Waals surface area contributed by atoms with Gasteiger partial charge in [-0.2, -0.15) is 0 Å². The lowest BCUT2D eigenvalue weighted by Gasteiger charge is -2.32. The third-order valence-electron chi connectivity index (χ3n) is 6.65. The Bertz CT molecular complexity index is 1390. The molecule has 166 valence electrons. The van der Waals surface area contributed by atoms with Crippen LogP contribution in [0.25, 0.3) is 10.2 Å². The van der Waals surface area contributed by atoms with E-state index >= 15 is 0 Å². The topological polar surface area (TPSA) is 50.5 Å². The Morgan fingerprint density at radius 2 is 1.64 bits per heavy atom. The summed E-state index contributed by atoms with van der Waals surface area (Å²) in [7, 11) is 0. The molecule has 0 unspecified atom stereocenters. The largest absolute Gasteiger partial charge is 0.347 e. The monoisotopic (exact) mass is 454 g/mol. The van der Waals surface area contributed by atoms with Crippen LogP contribution in [0.4, 0.5) is 0 Å². The minimum absolute atomic E-state index is 0.112. The molecule has 4 aromatic rings. The normalized spacial score (nSPS) is 16.7. The minimum atomic E-state index is 0.112. The molecule has 2 aromatic heterocycles. The van der Waals surface area contributed by atoms with Crippen LogP contribution in [0.15, 0.2) is 70.5 Å². The molecular formula is C27H26N4OS. The smallest absolute Gasteiger partial charge is 0.263 e. The molecule has 0 bridgehead atoms. The number of aliphatic imine (C=N–C) groups is 1. The quantitative estimate of drug-likeness (QED) is 0.438. The highest BCUT2D eigenvalue weighted by atomic mass is 32.1. The van der Waals surface area contributed by atoms with Crippen molar-refractivity contribution in [2.45, 2.75) is 51.9 Å². The summed E-state index contributed by atoms with van der Waals surface area (Å²) in [6.45, 7) is 2.43. The third kappa shape index (κ3) is 3.89. The molecule has 0 amide bonds. The van der Waals surface area contributed by atoms with Crippen molar-refractivity contribution in [2.75, 3.05) is 0 Å². The van der Waals surface area contributed by atoms with E-state index in [0.717, 1.165) is 47.7 Å². The summed E-state index contributed by atoms with van der Waals surface area (Å²) in [5, 5.41) is 0.859. The Labute approximate surface area is 197 Å². The number of thiophene rings is 1. The number of aromatic nitrogens is 2. The van der Waals surface area contributed by atoms with E-state index in [1.807, 2.05) is 28.8 Å². The summed E-state index contributed by atoms with van der Waals surface area (Å²) < 4.78 is 1.87. The van der Waals surface area contributed by atoms with E-state index in [9.17, 15) is 4.79 Å². The van der Waals surface area contributed by atoms with E-state index in [1.54, 1.807) is 11.3 Å². The number of amidine groups is 1. The fourth-order valence-electron chi connectivity index (χ4n) is 4.93. The van der Waals surface area contributed by atoms with E-state index in [0.29, 0.717) is 19.6 Å². The molecule has 0 saturated heterocycles. The maximum Gasteiger partial charge on any atom is 0.263 e. The lowest BCUT2D eigenvalue weighted by Crippen LogP contribution is -2.44. The highest BCUT2D eigenvalue weighted by Gasteiger charge is 2.27. The van der Waals surface area contributed by atoms with Gasteiger partial charge in [0.05, 0.1) is 25.0 Å². The van der Waals surface area contributed by atoms with E-state index < -0.39 is 0 Å². The second-order valence-electron chi connectivity index (χ2n) is 8.87. The zero-order chi connectivity index (χ0) is 22.2. The first-order valence-electron chi connectivity index (χ1n) is 11.7. The van der Waals surface area contributed by atoms with Gasteiger partial charge in [-0.3, -0.25) is 14.4 Å². The van der Waals surface area contributed by atoms with Gasteiger partial charge in [-0.1, -0.05) is 60.7 Å². The fourth-order valence-corrected chi connectivity index (χ4v) is 6.21. The molecular weight excluding hydrogens is 428 g/mol. The molecule has 5 nitrogen and oxygen atoms in total. The summed E-state index contributed by atoms with van der Waals surface area (Å²) in [5.74, 6) is 1.79. The molecule has 6 rings (SSSR count). The number of benzene rings is 2. The van der Waals surface area contributed by atoms with Gasteiger partial charge in [0.2, 0.25) is 0 Å². The Balaban J connectivity index is 1.42. The molecule has 2 aliphatic rings. The lowest BCUT2D eigenvalue weighted by atomic mass is 9.97. The standard InChI is InChI=1S/C27H26N4OS/c32-27-25-21-13-7-8-14-22(21)33-26(25)29-24-17-30(16-20-11-5-2-6-12-20)23(18-31(24)27)28-15-19-9-3-1-4-10-19/h1-6,9-12H,7-8,13-18H2. The van der Waals surface area contributed by atoms with Crippen LogP contribution in [0.3, 0.4) is 0 Å². The maximum absolute atomic E-state index is 13.6. The molecule has 6 heteroatoms. The first-order chi connectivity index (χ1) is 16.3. The average molecular weight is 455 g/mol. The van der Waals surface area contributed by atoms with Crippen molar-refractivity contribution in [3.8, 4) is 0 Å². The summed E-state index contributed by atoms with van der Waals surface area (Å²) >= 11 is 1.73. The summed E-state index contributed by atoms with van der Waals surface area (Å²) in [5.41, 5.74) is 3.77. The third-order valence-corrected chi connectivity index (χ3v) is 7.84. The molecule has 0 N–H and O–H groups in total. The number of hydrogen-bond donors (Lipinski definition) is 0. The molecule has 0 saturated carbocycles. The van der Waals surface area contributed by atoms with Gasteiger partial charge in [0.15, 0.2) is 0 Å². The predicted octanol–water partition coefficient (Wildman–Crippen LogP) is 4.95. The SMILES string of the molecule is O=c1c2c3c(sc2nc2n1CC(=NCc1ccccc1)N(Cc1ccccc1)C2)CCCC3. The van der Waals surface area contributed by atoms with Crippen LogP contribution in [0, 0.1) is 0 Å². The first kappa shape index (κ1) is 20.4. The molecule has 0 atom stereocenters. The van der Waals surface area contributed by atoms with Crippen LogP contribution in [0.5, 0.6) is 0 Å². The van der Waals surface area contributed by atoms with Crippen LogP contribution >= 0.6 is 11.3 Å². The summed E-state index contributed by atoms with van der Waals surface area (Å²) in [4.78, 5) is 28.2. The van der Waals surface area contributed by atoms with Crippen molar-refractivity contribution < 1.29 is 0 Å². The van der Waals surface area contributed by atoms with Crippen LogP contribution in [-0.2, 0) is 39.0 Å². The zero-order valence-corrected chi connectivity index (χ0v) is 19.4. The zero-order valence-electron chi connectivity index (χ0n) is 18.5. The van der Waals surface area contributed by atoms with Crippen LogP contribution in [-0.4, -0.2) is 20.3 Å². The molecule has 3 heterocycles. The molecule has 1 aliphatic heterocycles. The second kappa shape index (κ2) is 8.60. The second-order valence-corrected chi connectivity index (χ2v) is 9.95. The lowest BCUT2D eigenvalue weighted by molar-refractivity contribution is 0.346. The van der Waals surface area contributed by atoms with Crippen LogP contribution < -0.4 is 5.56 Å². The van der Waals surface area contributed by atoms with E-state index in [1.165, 1.54) is 28.0 Å².